The third-order valence-corrected chi connectivity index (χ3v) is 10.3. The lowest BCUT2D eigenvalue weighted by molar-refractivity contribution is -0.140. The second kappa shape index (κ2) is 10.9. The molecule has 0 radical (unpaired) electrons. The van der Waals surface area contributed by atoms with Crippen LogP contribution in [0.1, 0.15) is 37.3 Å². The summed E-state index contributed by atoms with van der Waals surface area (Å²) in [5.41, 5.74) is 2.01. The zero-order valence-electron chi connectivity index (χ0n) is 21.1. The molecule has 37 heavy (non-hydrogen) atoms. The van der Waals surface area contributed by atoms with Crippen LogP contribution in [0.15, 0.2) is 60.7 Å². The van der Waals surface area contributed by atoms with Gasteiger partial charge in [-0.05, 0) is 36.3 Å². The van der Waals surface area contributed by atoms with Crippen molar-refractivity contribution in [3.8, 4) is 0 Å². The summed E-state index contributed by atoms with van der Waals surface area (Å²) < 4.78 is -0.628. The molecule has 0 aromatic heterocycles. The van der Waals surface area contributed by atoms with E-state index in [0.717, 1.165) is 17.5 Å². The van der Waals surface area contributed by atoms with Crippen LogP contribution < -0.4 is 10.6 Å². The van der Waals surface area contributed by atoms with E-state index in [0.29, 0.717) is 32.5 Å². The standard InChI is InChI=1S/C29H35N3O4S/c1-19-16-22-23(26(34)30-17-20-10-4-2-5-11-20)24-28(36)32(14-8-9-15-33)25(29(19,24)37-22)27(35)31-18-21-12-6-3-7-13-21/h2-7,10-13,19,22-25,33H,8-9,14-18H2,1H3,(H,30,34)(H,31,35)/t19?,22-,23+,24-,25?,29?/m0/s1. The Morgan fingerprint density at radius 2 is 1.57 bits per heavy atom. The Morgan fingerprint density at radius 3 is 2.16 bits per heavy atom. The number of nitrogens with one attached hydrogen (secondary N) is 2. The molecule has 8 heteroatoms. The summed E-state index contributed by atoms with van der Waals surface area (Å²) in [7, 11) is 0. The van der Waals surface area contributed by atoms with Gasteiger partial charge in [0.2, 0.25) is 17.7 Å². The van der Waals surface area contributed by atoms with Crippen molar-refractivity contribution in [1.82, 2.24) is 15.5 Å². The number of thioether (sulfide) groups is 1. The van der Waals surface area contributed by atoms with E-state index in [1.165, 1.54) is 0 Å². The zero-order chi connectivity index (χ0) is 26.0. The quantitative estimate of drug-likeness (QED) is 0.418. The number of nitrogens with zero attached hydrogens (tertiary/aromatic N) is 1. The second-order valence-corrected chi connectivity index (χ2v) is 12.0. The molecule has 2 aromatic rings. The molecule has 2 aromatic carbocycles. The number of benzene rings is 2. The Labute approximate surface area is 222 Å². The van der Waals surface area contributed by atoms with Crippen molar-refractivity contribution < 1.29 is 19.5 Å². The van der Waals surface area contributed by atoms with Crippen molar-refractivity contribution in [2.45, 2.75) is 55.3 Å². The van der Waals surface area contributed by atoms with Gasteiger partial charge in [0.15, 0.2) is 0 Å². The molecular formula is C29H35N3O4S. The molecule has 3 unspecified atom stereocenters. The Kier molecular flexibility index (Phi) is 7.58. The monoisotopic (exact) mass is 521 g/mol. The molecule has 6 atom stereocenters. The van der Waals surface area contributed by atoms with E-state index in [9.17, 15) is 19.5 Å². The Balaban J connectivity index is 1.40. The summed E-state index contributed by atoms with van der Waals surface area (Å²) in [6.07, 6.45) is 1.98. The van der Waals surface area contributed by atoms with Crippen LogP contribution in [-0.2, 0) is 27.5 Å². The maximum Gasteiger partial charge on any atom is 0.244 e. The van der Waals surface area contributed by atoms with Crippen molar-refractivity contribution in [1.29, 1.82) is 0 Å². The highest BCUT2D eigenvalue weighted by molar-refractivity contribution is 8.02. The molecule has 3 aliphatic heterocycles. The van der Waals surface area contributed by atoms with E-state index >= 15 is 0 Å². The van der Waals surface area contributed by atoms with Gasteiger partial charge in [-0.15, -0.1) is 11.8 Å². The third-order valence-electron chi connectivity index (χ3n) is 8.22. The van der Waals surface area contributed by atoms with Gasteiger partial charge >= 0.3 is 0 Å². The lowest BCUT2D eigenvalue weighted by Gasteiger charge is -2.38. The molecule has 3 aliphatic rings. The Morgan fingerprint density at radius 1 is 0.973 bits per heavy atom. The molecule has 3 fully saturated rings. The molecule has 3 saturated heterocycles. The van der Waals surface area contributed by atoms with Gasteiger partial charge in [-0.1, -0.05) is 67.6 Å². The average Bonchev–Trinajstić information content (AvgIpc) is 3.51. The first-order chi connectivity index (χ1) is 18.0. The van der Waals surface area contributed by atoms with Crippen molar-refractivity contribution in [2.24, 2.45) is 17.8 Å². The molecule has 3 heterocycles. The van der Waals surface area contributed by atoms with E-state index < -0.39 is 22.6 Å². The number of hydrogen-bond acceptors (Lipinski definition) is 5. The fourth-order valence-electron chi connectivity index (χ4n) is 6.54. The van der Waals surface area contributed by atoms with Crippen LogP contribution in [0.25, 0.3) is 0 Å². The van der Waals surface area contributed by atoms with Crippen LogP contribution in [0, 0.1) is 17.8 Å². The summed E-state index contributed by atoms with van der Waals surface area (Å²) in [4.78, 5) is 43.0. The number of aliphatic hydroxyl groups is 1. The predicted molar refractivity (Wildman–Crippen MR) is 143 cm³/mol. The van der Waals surface area contributed by atoms with Crippen molar-refractivity contribution in [3.63, 3.8) is 0 Å². The molecule has 0 saturated carbocycles. The van der Waals surface area contributed by atoms with Gasteiger partial charge in [0.1, 0.15) is 6.04 Å². The van der Waals surface area contributed by atoms with Gasteiger partial charge in [-0.2, -0.15) is 0 Å². The van der Waals surface area contributed by atoms with Gasteiger partial charge in [-0.3, -0.25) is 14.4 Å². The first kappa shape index (κ1) is 25.8. The highest BCUT2D eigenvalue weighted by Crippen LogP contribution is 2.68. The van der Waals surface area contributed by atoms with Crippen LogP contribution >= 0.6 is 11.8 Å². The van der Waals surface area contributed by atoms with E-state index in [1.54, 1.807) is 16.7 Å². The number of aliphatic hydroxyl groups excluding tert-OH is 1. The normalized spacial score (nSPS) is 29.8. The van der Waals surface area contributed by atoms with Gasteiger partial charge in [0.25, 0.3) is 0 Å². The lowest BCUT2D eigenvalue weighted by Crippen LogP contribution is -2.56. The number of fused-ring (bicyclic) bond motifs is 1. The van der Waals surface area contributed by atoms with Gasteiger partial charge in [-0.25, -0.2) is 0 Å². The molecule has 196 valence electrons. The SMILES string of the molecule is CC1C[C@@H]2SC13C(C(=O)NCc1ccccc1)N(CCCCO)C(=O)[C@@H]3[C@@H]2C(=O)NCc1ccccc1. The number of rotatable bonds is 10. The van der Waals surface area contributed by atoms with Gasteiger partial charge in [0, 0.05) is 31.5 Å². The van der Waals surface area contributed by atoms with Crippen LogP contribution in [0.5, 0.6) is 0 Å². The van der Waals surface area contributed by atoms with Crippen LogP contribution in [0.2, 0.25) is 0 Å². The minimum Gasteiger partial charge on any atom is -0.396 e. The van der Waals surface area contributed by atoms with Crippen LogP contribution in [-0.4, -0.2) is 56.9 Å². The van der Waals surface area contributed by atoms with Crippen molar-refractivity contribution in [3.05, 3.63) is 71.8 Å². The minimum atomic E-state index is -0.635. The van der Waals surface area contributed by atoms with Gasteiger partial charge < -0.3 is 20.6 Å². The maximum atomic E-state index is 14.0. The Hall–Kier alpha value is -2.84. The summed E-state index contributed by atoms with van der Waals surface area (Å²) in [5.74, 6) is -1.21. The minimum absolute atomic E-state index is 0.0174. The number of carbonyl (C=O) groups excluding carboxylic acids is 3. The number of amides is 3. The molecule has 2 bridgehead atoms. The summed E-state index contributed by atoms with van der Waals surface area (Å²) in [6, 6.07) is 18.9. The molecule has 5 rings (SSSR count). The molecule has 7 nitrogen and oxygen atoms in total. The van der Waals surface area contributed by atoms with Crippen molar-refractivity contribution >= 4 is 29.5 Å². The summed E-state index contributed by atoms with van der Waals surface area (Å²) in [5, 5.41) is 15.5. The topological polar surface area (TPSA) is 98.7 Å². The number of carbonyl (C=O) groups is 3. The van der Waals surface area contributed by atoms with E-state index in [2.05, 4.69) is 17.6 Å². The number of unbranched alkanes of at least 4 members (excludes halogenated alkanes) is 1. The predicted octanol–water partition coefficient (Wildman–Crippen LogP) is 2.73. The number of likely N-dealkylation sites (tertiary alicyclic amines) is 1. The molecular weight excluding hydrogens is 486 g/mol. The highest BCUT2D eigenvalue weighted by atomic mass is 32.2. The fraction of sp³-hybridized carbons (Fsp3) is 0.483. The maximum absolute atomic E-state index is 14.0. The smallest absolute Gasteiger partial charge is 0.244 e. The van der Waals surface area contributed by atoms with Crippen LogP contribution in [0.4, 0.5) is 0 Å². The fourth-order valence-corrected chi connectivity index (χ4v) is 8.96. The largest absolute Gasteiger partial charge is 0.396 e. The molecule has 0 aliphatic carbocycles. The Bertz CT molecular complexity index is 1130. The summed E-state index contributed by atoms with van der Waals surface area (Å²) in [6.45, 7) is 3.37. The van der Waals surface area contributed by atoms with E-state index in [-0.39, 0.29) is 35.5 Å². The molecule has 3 N–H and O–H groups in total. The zero-order valence-corrected chi connectivity index (χ0v) is 22.0. The van der Waals surface area contributed by atoms with Crippen LogP contribution in [0.3, 0.4) is 0 Å². The third kappa shape index (κ3) is 4.66. The lowest BCUT2D eigenvalue weighted by atomic mass is 9.66. The molecule has 3 amide bonds. The summed E-state index contributed by atoms with van der Waals surface area (Å²) >= 11 is 1.69. The number of hydrogen-bond donors (Lipinski definition) is 3. The van der Waals surface area contributed by atoms with Gasteiger partial charge in [0.05, 0.1) is 16.6 Å². The van der Waals surface area contributed by atoms with Crippen molar-refractivity contribution in [2.75, 3.05) is 13.2 Å². The van der Waals surface area contributed by atoms with E-state index in [1.807, 2.05) is 60.7 Å². The second-order valence-electron chi connectivity index (χ2n) is 10.4. The first-order valence-electron chi connectivity index (χ1n) is 13.2. The highest BCUT2D eigenvalue weighted by Gasteiger charge is 2.75. The first-order valence-corrected chi connectivity index (χ1v) is 14.1. The average molecular weight is 522 g/mol. The van der Waals surface area contributed by atoms with E-state index in [4.69, 9.17) is 0 Å². The molecule has 1 spiro atoms.